The van der Waals surface area contributed by atoms with Gasteiger partial charge in [0.1, 0.15) is 0 Å². The monoisotopic (exact) mass is 262 g/mol. The van der Waals surface area contributed by atoms with Crippen molar-refractivity contribution in [3.63, 3.8) is 0 Å². The molecule has 2 aliphatic heterocycles. The summed E-state index contributed by atoms with van der Waals surface area (Å²) in [5.41, 5.74) is 2.12. The highest BCUT2D eigenvalue weighted by molar-refractivity contribution is 5.93. The highest BCUT2D eigenvalue weighted by atomic mass is 16.2. The number of rotatable bonds is 2. The molecule has 0 spiro atoms. The van der Waals surface area contributed by atoms with Crippen molar-refractivity contribution in [2.24, 2.45) is 11.3 Å². The summed E-state index contributed by atoms with van der Waals surface area (Å²) >= 11 is 0. The van der Waals surface area contributed by atoms with Crippen LogP contribution in [0.2, 0.25) is 0 Å². The molecule has 2 aliphatic rings. The van der Waals surface area contributed by atoms with Gasteiger partial charge < -0.3 is 10.6 Å². The summed E-state index contributed by atoms with van der Waals surface area (Å²) in [5.74, 6) is 0.156. The number of hydrogen-bond donors (Lipinski definition) is 2. The number of aromatic nitrogens is 2. The first-order chi connectivity index (χ1) is 9.08. The second-order valence-corrected chi connectivity index (χ2v) is 6.35. The minimum atomic E-state index is 0.0251. The van der Waals surface area contributed by atoms with E-state index in [-0.39, 0.29) is 17.2 Å². The summed E-state index contributed by atoms with van der Waals surface area (Å²) in [4.78, 5) is 12.4. The minimum absolute atomic E-state index is 0.0251. The van der Waals surface area contributed by atoms with Gasteiger partial charge in [-0.15, -0.1) is 0 Å². The van der Waals surface area contributed by atoms with Crippen molar-refractivity contribution >= 4 is 11.6 Å². The molecule has 1 aromatic rings. The van der Waals surface area contributed by atoms with Crippen molar-refractivity contribution < 1.29 is 4.79 Å². The molecule has 1 atom stereocenters. The number of nitrogens with zero attached hydrogens (tertiary/aromatic N) is 2. The topological polar surface area (TPSA) is 59.0 Å². The highest BCUT2D eigenvalue weighted by Gasteiger charge is 2.39. The fourth-order valence-corrected chi connectivity index (χ4v) is 3.13. The minimum Gasteiger partial charge on any atom is -0.323 e. The van der Waals surface area contributed by atoms with Gasteiger partial charge in [-0.1, -0.05) is 13.8 Å². The number of amides is 1. The van der Waals surface area contributed by atoms with Gasteiger partial charge in [-0.05, 0) is 24.7 Å². The van der Waals surface area contributed by atoms with Crippen molar-refractivity contribution in [3.05, 3.63) is 11.9 Å². The number of anilines is 1. The molecule has 1 amide bonds. The summed E-state index contributed by atoms with van der Waals surface area (Å²) in [6.45, 7) is 6.93. The lowest BCUT2D eigenvalue weighted by atomic mass is 9.81. The van der Waals surface area contributed by atoms with Crippen LogP contribution < -0.4 is 10.6 Å². The van der Waals surface area contributed by atoms with Crippen LogP contribution in [0.1, 0.15) is 32.4 Å². The molecule has 0 aromatic carbocycles. The summed E-state index contributed by atoms with van der Waals surface area (Å²) in [6, 6.07) is 0. The molecule has 19 heavy (non-hydrogen) atoms. The zero-order valence-electron chi connectivity index (χ0n) is 11.7. The molecule has 1 fully saturated rings. The van der Waals surface area contributed by atoms with Gasteiger partial charge in [0, 0.05) is 19.6 Å². The van der Waals surface area contributed by atoms with Gasteiger partial charge >= 0.3 is 0 Å². The number of nitrogens with one attached hydrogen (secondary N) is 2. The van der Waals surface area contributed by atoms with Crippen LogP contribution in [0.15, 0.2) is 6.20 Å². The molecule has 0 aliphatic carbocycles. The number of carbonyl (C=O) groups excluding carboxylic acids is 1. The van der Waals surface area contributed by atoms with Crippen LogP contribution in [0.3, 0.4) is 0 Å². The molecule has 0 radical (unpaired) electrons. The van der Waals surface area contributed by atoms with Gasteiger partial charge in [-0.25, -0.2) is 0 Å². The highest BCUT2D eigenvalue weighted by Crippen LogP contribution is 2.32. The van der Waals surface area contributed by atoms with Gasteiger partial charge in [0.05, 0.1) is 23.5 Å². The standard InChI is InChI=1S/C14H22N4O/c1-14(2)9-15-7-10(14)13(19)17-11-8-16-18-6-4-3-5-12(11)18/h8,10,15H,3-7,9H2,1-2H3,(H,17,19). The molecule has 5 heteroatoms. The Hall–Kier alpha value is -1.36. The quantitative estimate of drug-likeness (QED) is 0.847. The maximum Gasteiger partial charge on any atom is 0.229 e. The van der Waals surface area contributed by atoms with E-state index in [9.17, 15) is 4.79 Å². The average molecular weight is 262 g/mol. The molecule has 3 rings (SSSR count). The zero-order chi connectivity index (χ0) is 13.5. The van der Waals surface area contributed by atoms with Crippen LogP contribution in [0, 0.1) is 11.3 Å². The van der Waals surface area contributed by atoms with Crippen LogP contribution >= 0.6 is 0 Å². The van der Waals surface area contributed by atoms with E-state index in [1.54, 1.807) is 6.20 Å². The van der Waals surface area contributed by atoms with Crippen LogP contribution in [0.5, 0.6) is 0 Å². The first kappa shape index (κ1) is 12.7. The number of carbonyl (C=O) groups is 1. The Morgan fingerprint density at radius 2 is 2.37 bits per heavy atom. The largest absolute Gasteiger partial charge is 0.323 e. The van der Waals surface area contributed by atoms with E-state index in [0.717, 1.165) is 31.7 Å². The van der Waals surface area contributed by atoms with Crippen molar-refractivity contribution in [2.75, 3.05) is 18.4 Å². The SMILES string of the molecule is CC1(C)CNCC1C(=O)Nc1cnn2c1CCCC2. The van der Waals surface area contributed by atoms with Crippen LogP contribution in [-0.2, 0) is 17.8 Å². The van der Waals surface area contributed by atoms with Crippen molar-refractivity contribution in [1.82, 2.24) is 15.1 Å². The molecule has 1 unspecified atom stereocenters. The fraction of sp³-hybridized carbons (Fsp3) is 0.714. The van der Waals surface area contributed by atoms with E-state index in [0.29, 0.717) is 0 Å². The van der Waals surface area contributed by atoms with Gasteiger partial charge in [-0.2, -0.15) is 5.10 Å². The smallest absolute Gasteiger partial charge is 0.229 e. The predicted octanol–water partition coefficient (Wildman–Crippen LogP) is 1.40. The summed E-state index contributed by atoms with van der Waals surface area (Å²) in [6.07, 6.45) is 5.18. The molecule has 2 N–H and O–H groups in total. The predicted molar refractivity (Wildman–Crippen MR) is 73.9 cm³/mol. The first-order valence-electron chi connectivity index (χ1n) is 7.14. The molecule has 104 valence electrons. The van der Waals surface area contributed by atoms with Crippen LogP contribution in [0.25, 0.3) is 0 Å². The molecule has 5 nitrogen and oxygen atoms in total. The number of hydrogen-bond acceptors (Lipinski definition) is 3. The molecule has 1 saturated heterocycles. The number of aryl methyl sites for hydroxylation is 1. The third kappa shape index (κ3) is 2.27. The Bertz CT molecular complexity index is 492. The second kappa shape index (κ2) is 4.63. The molecular weight excluding hydrogens is 240 g/mol. The van der Waals surface area contributed by atoms with Crippen molar-refractivity contribution in [1.29, 1.82) is 0 Å². The van der Waals surface area contributed by atoms with Gasteiger partial charge in [0.25, 0.3) is 0 Å². The Morgan fingerprint density at radius 1 is 1.53 bits per heavy atom. The Labute approximate surface area is 113 Å². The van der Waals surface area contributed by atoms with Crippen molar-refractivity contribution in [2.45, 2.75) is 39.7 Å². The third-order valence-electron chi connectivity index (χ3n) is 4.43. The Balaban J connectivity index is 1.75. The maximum atomic E-state index is 12.4. The molecule has 3 heterocycles. The van der Waals surface area contributed by atoms with Gasteiger partial charge in [0.15, 0.2) is 0 Å². The van der Waals surface area contributed by atoms with E-state index < -0.39 is 0 Å². The number of fused-ring (bicyclic) bond motifs is 1. The molecule has 1 aromatic heterocycles. The average Bonchev–Trinajstić information content (AvgIpc) is 2.93. The Morgan fingerprint density at radius 3 is 3.11 bits per heavy atom. The van der Waals surface area contributed by atoms with Gasteiger partial charge in [-0.3, -0.25) is 9.48 Å². The zero-order valence-corrected chi connectivity index (χ0v) is 11.7. The molecule has 0 saturated carbocycles. The Kier molecular flexibility index (Phi) is 3.09. The van der Waals surface area contributed by atoms with E-state index in [1.807, 2.05) is 4.68 Å². The second-order valence-electron chi connectivity index (χ2n) is 6.35. The maximum absolute atomic E-state index is 12.4. The summed E-state index contributed by atoms with van der Waals surface area (Å²) in [5, 5.41) is 10.7. The normalized spacial score (nSPS) is 25.1. The molecule has 0 bridgehead atoms. The lowest BCUT2D eigenvalue weighted by Gasteiger charge is -2.24. The first-order valence-corrected chi connectivity index (χ1v) is 7.14. The lowest BCUT2D eigenvalue weighted by molar-refractivity contribution is -0.121. The van der Waals surface area contributed by atoms with E-state index >= 15 is 0 Å². The van der Waals surface area contributed by atoms with E-state index in [2.05, 4.69) is 29.6 Å². The van der Waals surface area contributed by atoms with Crippen LogP contribution in [-0.4, -0.2) is 28.8 Å². The molecular formula is C14H22N4O. The van der Waals surface area contributed by atoms with E-state index in [1.165, 1.54) is 18.5 Å². The van der Waals surface area contributed by atoms with Crippen molar-refractivity contribution in [3.8, 4) is 0 Å². The fourth-order valence-electron chi connectivity index (χ4n) is 3.13. The van der Waals surface area contributed by atoms with Gasteiger partial charge in [0.2, 0.25) is 5.91 Å². The van der Waals surface area contributed by atoms with E-state index in [4.69, 9.17) is 0 Å². The third-order valence-corrected chi connectivity index (χ3v) is 4.43. The summed E-state index contributed by atoms with van der Waals surface area (Å²) in [7, 11) is 0. The summed E-state index contributed by atoms with van der Waals surface area (Å²) < 4.78 is 2.02. The van der Waals surface area contributed by atoms with Crippen LogP contribution in [0.4, 0.5) is 5.69 Å². The lowest BCUT2D eigenvalue weighted by Crippen LogP contribution is -2.34.